The molecule has 3 aromatic carbocycles. The van der Waals surface area contributed by atoms with Gasteiger partial charge in [0.1, 0.15) is 12.4 Å². The van der Waals surface area contributed by atoms with E-state index in [0.717, 1.165) is 16.7 Å². The van der Waals surface area contributed by atoms with Crippen LogP contribution < -0.4 is 9.47 Å². The van der Waals surface area contributed by atoms with Crippen molar-refractivity contribution in [2.45, 2.75) is 13.0 Å². The van der Waals surface area contributed by atoms with Crippen LogP contribution in [0.15, 0.2) is 73.3 Å². The second-order valence-corrected chi connectivity index (χ2v) is 7.17. The fraction of sp³-hybridized carbons (Fsp3) is 0.111. The summed E-state index contributed by atoms with van der Waals surface area (Å²) in [4.78, 5) is 11.1. The number of aromatic carboxylic acids is 1. The molecule has 0 aromatic heterocycles. The van der Waals surface area contributed by atoms with E-state index in [1.807, 2.05) is 6.07 Å². The van der Waals surface area contributed by atoms with Gasteiger partial charge in [-0.15, -0.1) is 6.58 Å². The number of hydrogen-bond acceptors (Lipinski definition) is 4. The molecule has 0 aliphatic heterocycles. The summed E-state index contributed by atoms with van der Waals surface area (Å²) < 4.78 is 24.7. The molecule has 0 unspecified atom stereocenters. The monoisotopic (exact) mass is 443 g/mol. The lowest BCUT2D eigenvalue weighted by atomic mass is 10.00. The number of carboxylic acid groups (broad SMARTS) is 1. The number of allylic oxidation sites excluding steroid dienone is 2. The molecule has 5 nitrogen and oxygen atoms in total. The van der Waals surface area contributed by atoms with Gasteiger partial charge in [0, 0.05) is 5.56 Å². The van der Waals surface area contributed by atoms with Crippen LogP contribution in [0.25, 0.3) is 11.6 Å². The molecule has 3 rings (SSSR count). The van der Waals surface area contributed by atoms with Gasteiger partial charge in [-0.1, -0.05) is 30.3 Å². The zero-order chi connectivity index (χ0) is 23.8. The Morgan fingerprint density at radius 2 is 1.79 bits per heavy atom. The highest BCUT2D eigenvalue weighted by Crippen LogP contribution is 2.35. The molecule has 3 aromatic rings. The number of benzene rings is 3. The second-order valence-electron chi connectivity index (χ2n) is 7.17. The molecule has 0 amide bonds. The van der Waals surface area contributed by atoms with Crippen molar-refractivity contribution in [1.29, 1.82) is 5.26 Å². The van der Waals surface area contributed by atoms with E-state index in [0.29, 0.717) is 29.1 Å². The summed E-state index contributed by atoms with van der Waals surface area (Å²) in [5.41, 5.74) is 3.46. The van der Waals surface area contributed by atoms with Crippen molar-refractivity contribution in [2.75, 3.05) is 7.11 Å². The Labute approximate surface area is 191 Å². The number of ether oxygens (including phenoxy) is 2. The first-order chi connectivity index (χ1) is 15.9. The van der Waals surface area contributed by atoms with Gasteiger partial charge in [0.15, 0.2) is 11.5 Å². The predicted molar refractivity (Wildman–Crippen MR) is 125 cm³/mol. The van der Waals surface area contributed by atoms with Crippen LogP contribution in [-0.4, -0.2) is 18.2 Å². The Kier molecular flexibility index (Phi) is 7.61. The van der Waals surface area contributed by atoms with E-state index in [4.69, 9.17) is 14.6 Å². The Balaban J connectivity index is 1.95. The Morgan fingerprint density at radius 1 is 1.12 bits per heavy atom. The summed E-state index contributed by atoms with van der Waals surface area (Å²) in [6, 6.07) is 18.0. The van der Waals surface area contributed by atoms with Crippen LogP contribution in [-0.2, 0) is 13.0 Å². The van der Waals surface area contributed by atoms with Gasteiger partial charge in [-0.05, 0) is 65.6 Å². The third-order valence-electron chi connectivity index (χ3n) is 4.91. The minimum absolute atomic E-state index is 0.147. The minimum Gasteiger partial charge on any atom is -0.493 e. The number of carbonyl (C=O) groups is 1. The molecule has 0 aliphatic carbocycles. The molecule has 1 N–H and O–H groups in total. The molecule has 166 valence electrons. The second kappa shape index (κ2) is 10.8. The summed E-state index contributed by atoms with van der Waals surface area (Å²) in [7, 11) is 1.53. The molecule has 0 saturated carbocycles. The quantitative estimate of drug-likeness (QED) is 0.253. The molecular formula is C27H22FNO4. The Morgan fingerprint density at radius 3 is 2.36 bits per heavy atom. The molecule has 0 aliphatic rings. The average molecular weight is 443 g/mol. The van der Waals surface area contributed by atoms with Gasteiger partial charge in [0.2, 0.25) is 0 Å². The summed E-state index contributed by atoms with van der Waals surface area (Å²) in [5, 5.41) is 18.7. The molecule has 6 heteroatoms. The maximum Gasteiger partial charge on any atom is 0.335 e. The number of carboxylic acids is 1. The van der Waals surface area contributed by atoms with Crippen LogP contribution in [0, 0.1) is 17.1 Å². The van der Waals surface area contributed by atoms with E-state index in [-0.39, 0.29) is 18.0 Å². The summed E-state index contributed by atoms with van der Waals surface area (Å²) in [5.74, 6) is -0.311. The molecule has 0 radical (unpaired) electrons. The lowest BCUT2D eigenvalue weighted by Gasteiger charge is -2.16. The number of methoxy groups -OCH3 is 1. The number of rotatable bonds is 9. The largest absolute Gasteiger partial charge is 0.493 e. The van der Waals surface area contributed by atoms with E-state index in [1.54, 1.807) is 42.5 Å². The number of halogens is 1. The lowest BCUT2D eigenvalue weighted by Crippen LogP contribution is -2.02. The third-order valence-corrected chi connectivity index (χ3v) is 4.91. The van der Waals surface area contributed by atoms with Gasteiger partial charge < -0.3 is 14.6 Å². The van der Waals surface area contributed by atoms with Gasteiger partial charge in [-0.2, -0.15) is 5.26 Å². The minimum atomic E-state index is -1.03. The van der Waals surface area contributed by atoms with Gasteiger partial charge in [0.05, 0.1) is 24.3 Å². The highest BCUT2D eigenvalue weighted by molar-refractivity contribution is 5.92. The van der Waals surface area contributed by atoms with Crippen molar-refractivity contribution in [1.82, 2.24) is 0 Å². The maximum atomic E-state index is 13.2. The van der Waals surface area contributed by atoms with Crippen molar-refractivity contribution in [2.24, 2.45) is 0 Å². The van der Waals surface area contributed by atoms with Gasteiger partial charge in [-0.3, -0.25) is 0 Å². The van der Waals surface area contributed by atoms with Crippen molar-refractivity contribution in [3.8, 4) is 17.6 Å². The van der Waals surface area contributed by atoms with Crippen molar-refractivity contribution >= 4 is 17.6 Å². The SMILES string of the molecule is C=CCc1cc(/C=C(/C#N)c2ccc(C(=O)O)cc2)cc(OC)c1OCc1ccc(F)cc1. The Hall–Kier alpha value is -4.37. The highest BCUT2D eigenvalue weighted by Gasteiger charge is 2.14. The first kappa shape index (κ1) is 23.3. The van der Waals surface area contributed by atoms with Crippen LogP contribution in [0.2, 0.25) is 0 Å². The fourth-order valence-electron chi connectivity index (χ4n) is 3.26. The predicted octanol–water partition coefficient (Wildman–Crippen LogP) is 5.90. The number of hydrogen-bond donors (Lipinski definition) is 1. The first-order valence-electron chi connectivity index (χ1n) is 10.1. The van der Waals surface area contributed by atoms with Crippen LogP contribution in [0.1, 0.15) is 32.6 Å². The van der Waals surface area contributed by atoms with Crippen LogP contribution in [0.5, 0.6) is 11.5 Å². The van der Waals surface area contributed by atoms with Crippen molar-refractivity contribution < 1.29 is 23.8 Å². The average Bonchev–Trinajstić information content (AvgIpc) is 2.82. The van der Waals surface area contributed by atoms with E-state index in [9.17, 15) is 14.4 Å². The normalized spacial score (nSPS) is 10.9. The molecule has 0 heterocycles. The van der Waals surface area contributed by atoms with E-state index in [2.05, 4.69) is 12.6 Å². The highest BCUT2D eigenvalue weighted by atomic mass is 19.1. The van der Waals surface area contributed by atoms with Crippen LogP contribution in [0.3, 0.4) is 0 Å². The smallest absolute Gasteiger partial charge is 0.335 e. The van der Waals surface area contributed by atoms with Crippen LogP contribution >= 0.6 is 0 Å². The Bertz CT molecular complexity index is 1220. The molecule has 0 atom stereocenters. The molecular weight excluding hydrogens is 421 g/mol. The molecule has 33 heavy (non-hydrogen) atoms. The zero-order valence-electron chi connectivity index (χ0n) is 18.0. The van der Waals surface area contributed by atoms with Crippen molar-refractivity contribution in [3.63, 3.8) is 0 Å². The summed E-state index contributed by atoms with van der Waals surface area (Å²) in [6.07, 6.45) is 3.95. The third kappa shape index (κ3) is 5.86. The molecule has 0 fully saturated rings. The first-order valence-corrected chi connectivity index (χ1v) is 10.1. The van der Waals surface area contributed by atoms with Gasteiger partial charge in [-0.25, -0.2) is 9.18 Å². The zero-order valence-corrected chi connectivity index (χ0v) is 18.0. The fourth-order valence-corrected chi connectivity index (χ4v) is 3.26. The number of nitriles is 1. The van der Waals surface area contributed by atoms with E-state index in [1.165, 1.54) is 31.4 Å². The maximum absolute atomic E-state index is 13.2. The van der Waals surface area contributed by atoms with Gasteiger partial charge in [0.25, 0.3) is 0 Å². The van der Waals surface area contributed by atoms with E-state index >= 15 is 0 Å². The van der Waals surface area contributed by atoms with Crippen LogP contribution in [0.4, 0.5) is 4.39 Å². The standard InChI is InChI=1S/C27H22FNO4/c1-3-4-22-13-19(14-23(16-29)20-7-9-21(10-8-20)27(30)31)15-25(32-2)26(22)33-17-18-5-11-24(28)12-6-18/h3,5-15H,1,4,17H2,2H3,(H,30,31)/b23-14-. The molecule has 0 spiro atoms. The molecule has 0 bridgehead atoms. The molecule has 0 saturated heterocycles. The summed E-state index contributed by atoms with van der Waals surface area (Å²) >= 11 is 0. The topological polar surface area (TPSA) is 79.6 Å². The summed E-state index contributed by atoms with van der Waals surface area (Å²) in [6.45, 7) is 4.04. The van der Waals surface area contributed by atoms with Crippen molar-refractivity contribution in [3.05, 3.63) is 107 Å². The number of nitrogens with zero attached hydrogens (tertiary/aromatic N) is 1. The lowest BCUT2D eigenvalue weighted by molar-refractivity contribution is 0.0697. The van der Waals surface area contributed by atoms with E-state index < -0.39 is 5.97 Å². The van der Waals surface area contributed by atoms with Gasteiger partial charge >= 0.3 is 5.97 Å².